The molecule has 1 aliphatic rings. The van der Waals surface area contributed by atoms with Gasteiger partial charge in [-0.25, -0.2) is 0 Å². The maximum Gasteiger partial charge on any atom is 0.471 e. The van der Waals surface area contributed by atoms with Gasteiger partial charge in [0.2, 0.25) is 0 Å². The van der Waals surface area contributed by atoms with E-state index in [0.29, 0.717) is 36.7 Å². The van der Waals surface area contributed by atoms with Crippen LogP contribution < -0.4 is 15.0 Å². The highest BCUT2D eigenvalue weighted by molar-refractivity contribution is 6.04. The van der Waals surface area contributed by atoms with Gasteiger partial charge in [-0.2, -0.15) is 13.2 Å². The number of amides is 2. The first-order chi connectivity index (χ1) is 15.3. The quantitative estimate of drug-likeness (QED) is 0.640. The Morgan fingerprint density at radius 2 is 1.72 bits per heavy atom. The van der Waals surface area contributed by atoms with E-state index in [2.05, 4.69) is 12.2 Å². The molecular formula is C23H26F3N3O3. The minimum atomic E-state index is -4.84. The van der Waals surface area contributed by atoms with Crippen LogP contribution in [-0.4, -0.2) is 55.7 Å². The molecule has 1 fully saturated rings. The van der Waals surface area contributed by atoms with Crippen molar-refractivity contribution in [2.75, 3.05) is 43.0 Å². The second-order valence-electron chi connectivity index (χ2n) is 7.51. The van der Waals surface area contributed by atoms with E-state index in [4.69, 9.17) is 4.74 Å². The fourth-order valence-electron chi connectivity index (χ4n) is 3.37. The number of piperazine rings is 1. The van der Waals surface area contributed by atoms with Crippen molar-refractivity contribution in [3.05, 3.63) is 54.1 Å². The van der Waals surface area contributed by atoms with Crippen LogP contribution in [0.1, 0.15) is 30.1 Å². The number of unbranched alkanes of at least 4 members (excludes halogenated alkanes) is 1. The van der Waals surface area contributed by atoms with Crippen LogP contribution in [0, 0.1) is 0 Å². The first-order valence-corrected chi connectivity index (χ1v) is 10.5. The van der Waals surface area contributed by atoms with Gasteiger partial charge in [0.05, 0.1) is 6.61 Å². The molecule has 0 bridgehead atoms. The molecular weight excluding hydrogens is 423 g/mol. The van der Waals surface area contributed by atoms with E-state index in [1.165, 1.54) is 0 Å². The lowest BCUT2D eigenvalue weighted by molar-refractivity contribution is -0.185. The van der Waals surface area contributed by atoms with Crippen molar-refractivity contribution >= 4 is 23.2 Å². The molecule has 2 amide bonds. The van der Waals surface area contributed by atoms with Crippen LogP contribution in [0.4, 0.5) is 24.5 Å². The highest BCUT2D eigenvalue weighted by Gasteiger charge is 2.43. The van der Waals surface area contributed by atoms with Crippen LogP contribution in [0.5, 0.6) is 5.75 Å². The zero-order valence-electron chi connectivity index (χ0n) is 17.8. The molecule has 0 aromatic heterocycles. The van der Waals surface area contributed by atoms with E-state index in [-0.39, 0.29) is 19.0 Å². The zero-order chi connectivity index (χ0) is 23.1. The van der Waals surface area contributed by atoms with E-state index in [1.807, 2.05) is 11.0 Å². The van der Waals surface area contributed by atoms with Crippen molar-refractivity contribution in [2.45, 2.75) is 25.9 Å². The summed E-state index contributed by atoms with van der Waals surface area (Å²) in [5, 5.41) is 2.83. The SMILES string of the molecule is CCCCOc1cccc(C(=O)Nc2ccc(N3CCN(C(=O)C(F)(F)F)CC3)cc2)c1. The lowest BCUT2D eigenvalue weighted by Crippen LogP contribution is -2.52. The maximum absolute atomic E-state index is 12.6. The summed E-state index contributed by atoms with van der Waals surface area (Å²) >= 11 is 0. The van der Waals surface area contributed by atoms with Crippen molar-refractivity contribution in [1.82, 2.24) is 4.90 Å². The molecule has 0 saturated carbocycles. The van der Waals surface area contributed by atoms with Crippen molar-refractivity contribution in [3.8, 4) is 5.75 Å². The Morgan fingerprint density at radius 3 is 2.34 bits per heavy atom. The normalized spacial score (nSPS) is 14.2. The predicted octanol–water partition coefficient (Wildman–Crippen LogP) is 4.33. The summed E-state index contributed by atoms with van der Waals surface area (Å²) in [7, 11) is 0. The summed E-state index contributed by atoms with van der Waals surface area (Å²) in [6, 6.07) is 14.0. The average Bonchev–Trinajstić information content (AvgIpc) is 2.79. The first kappa shape index (κ1) is 23.4. The Kier molecular flexibility index (Phi) is 7.61. The number of alkyl halides is 3. The average molecular weight is 449 g/mol. The highest BCUT2D eigenvalue weighted by Crippen LogP contribution is 2.23. The van der Waals surface area contributed by atoms with Crippen LogP contribution in [-0.2, 0) is 4.79 Å². The Hall–Kier alpha value is -3.23. The maximum atomic E-state index is 12.6. The molecule has 0 aliphatic carbocycles. The number of benzene rings is 2. The third-order valence-electron chi connectivity index (χ3n) is 5.16. The van der Waals surface area contributed by atoms with Crippen LogP contribution in [0.2, 0.25) is 0 Å². The van der Waals surface area contributed by atoms with Gasteiger partial charge in [0.25, 0.3) is 5.91 Å². The minimum Gasteiger partial charge on any atom is -0.494 e. The Labute approximate surface area is 184 Å². The predicted molar refractivity (Wildman–Crippen MR) is 116 cm³/mol. The Balaban J connectivity index is 1.55. The number of rotatable bonds is 7. The van der Waals surface area contributed by atoms with Gasteiger partial charge < -0.3 is 19.9 Å². The smallest absolute Gasteiger partial charge is 0.471 e. The molecule has 3 rings (SSSR count). The van der Waals surface area contributed by atoms with E-state index in [0.717, 1.165) is 23.4 Å². The van der Waals surface area contributed by atoms with Crippen LogP contribution in [0.15, 0.2) is 48.5 Å². The van der Waals surface area contributed by atoms with Crippen LogP contribution >= 0.6 is 0 Å². The summed E-state index contributed by atoms with van der Waals surface area (Å²) in [5.74, 6) is -1.42. The molecule has 1 saturated heterocycles. The second-order valence-corrected chi connectivity index (χ2v) is 7.51. The molecule has 2 aromatic rings. The van der Waals surface area contributed by atoms with Gasteiger partial charge in [-0.1, -0.05) is 19.4 Å². The van der Waals surface area contributed by atoms with Gasteiger partial charge in [0.15, 0.2) is 0 Å². The van der Waals surface area contributed by atoms with Gasteiger partial charge in [-0.15, -0.1) is 0 Å². The topological polar surface area (TPSA) is 61.9 Å². The molecule has 2 aromatic carbocycles. The summed E-state index contributed by atoms with van der Waals surface area (Å²) in [6.07, 6.45) is -2.88. The van der Waals surface area contributed by atoms with Crippen molar-refractivity contribution < 1.29 is 27.5 Å². The number of nitrogens with one attached hydrogen (secondary N) is 1. The van der Waals surface area contributed by atoms with E-state index < -0.39 is 12.1 Å². The fourth-order valence-corrected chi connectivity index (χ4v) is 3.37. The number of carbonyl (C=O) groups is 2. The van der Waals surface area contributed by atoms with E-state index in [9.17, 15) is 22.8 Å². The highest BCUT2D eigenvalue weighted by atomic mass is 19.4. The van der Waals surface area contributed by atoms with Gasteiger partial charge in [0, 0.05) is 43.1 Å². The molecule has 1 heterocycles. The third-order valence-corrected chi connectivity index (χ3v) is 5.16. The summed E-state index contributed by atoms with van der Waals surface area (Å²) in [4.78, 5) is 26.6. The number of nitrogens with zero attached hydrogens (tertiary/aromatic N) is 2. The minimum absolute atomic E-state index is 0.00744. The van der Waals surface area contributed by atoms with Gasteiger partial charge in [-0.3, -0.25) is 9.59 Å². The van der Waals surface area contributed by atoms with Gasteiger partial charge in [-0.05, 0) is 48.9 Å². The third kappa shape index (κ3) is 6.15. The Morgan fingerprint density at radius 1 is 1.03 bits per heavy atom. The fraction of sp³-hybridized carbons (Fsp3) is 0.391. The number of halogens is 3. The molecule has 32 heavy (non-hydrogen) atoms. The van der Waals surface area contributed by atoms with Crippen LogP contribution in [0.3, 0.4) is 0 Å². The standard InChI is InChI=1S/C23H26F3N3O3/c1-2-3-15-32-20-6-4-5-17(16-20)21(30)27-18-7-9-19(10-8-18)28-11-13-29(14-12-28)22(31)23(24,25)26/h4-10,16H,2-3,11-15H2,1H3,(H,27,30). The molecule has 0 spiro atoms. The zero-order valence-corrected chi connectivity index (χ0v) is 17.8. The largest absolute Gasteiger partial charge is 0.494 e. The summed E-state index contributed by atoms with van der Waals surface area (Å²) in [6.45, 7) is 3.30. The lowest BCUT2D eigenvalue weighted by atomic mass is 10.2. The summed E-state index contributed by atoms with van der Waals surface area (Å²) < 4.78 is 43.4. The summed E-state index contributed by atoms with van der Waals surface area (Å²) in [5.41, 5.74) is 1.89. The molecule has 6 nitrogen and oxygen atoms in total. The molecule has 172 valence electrons. The van der Waals surface area contributed by atoms with E-state index in [1.54, 1.807) is 42.5 Å². The van der Waals surface area contributed by atoms with Crippen molar-refractivity contribution in [2.24, 2.45) is 0 Å². The van der Waals surface area contributed by atoms with Gasteiger partial charge in [0.1, 0.15) is 5.75 Å². The number of hydrogen-bond donors (Lipinski definition) is 1. The number of carbonyl (C=O) groups excluding carboxylic acids is 2. The van der Waals surface area contributed by atoms with Crippen molar-refractivity contribution in [3.63, 3.8) is 0 Å². The first-order valence-electron chi connectivity index (χ1n) is 10.5. The molecule has 1 aliphatic heterocycles. The van der Waals surface area contributed by atoms with Crippen LogP contribution in [0.25, 0.3) is 0 Å². The molecule has 1 N–H and O–H groups in total. The number of anilines is 2. The monoisotopic (exact) mass is 449 g/mol. The number of ether oxygens (including phenoxy) is 1. The lowest BCUT2D eigenvalue weighted by Gasteiger charge is -2.36. The second kappa shape index (κ2) is 10.4. The molecule has 9 heteroatoms. The number of hydrogen-bond acceptors (Lipinski definition) is 4. The Bertz CT molecular complexity index is 924. The van der Waals surface area contributed by atoms with Crippen molar-refractivity contribution in [1.29, 1.82) is 0 Å². The molecule has 0 radical (unpaired) electrons. The molecule has 0 unspecified atom stereocenters. The van der Waals surface area contributed by atoms with Gasteiger partial charge >= 0.3 is 12.1 Å². The van der Waals surface area contributed by atoms with E-state index >= 15 is 0 Å². The molecule has 0 atom stereocenters.